The van der Waals surface area contributed by atoms with Crippen LogP contribution in [0.25, 0.3) is 12.2 Å². The molecule has 0 aliphatic rings. The standard InChI is InChI=1S/C24H32O3/c1-24(2,27)14-5-3-4-7-19-8-6-9-20(15-19)10-11-21-12-13-22(17-25)23(16-21)18-26/h6,8-13,15-16,25-27H,3-5,7,14,17-18H2,1-2H3. The van der Waals surface area contributed by atoms with Gasteiger partial charge in [0.2, 0.25) is 0 Å². The lowest BCUT2D eigenvalue weighted by molar-refractivity contribution is 0.0681. The smallest absolute Gasteiger partial charge is 0.0685 e. The Bertz CT molecular complexity index is 742. The summed E-state index contributed by atoms with van der Waals surface area (Å²) >= 11 is 0. The van der Waals surface area contributed by atoms with Crippen molar-refractivity contribution in [3.05, 3.63) is 70.3 Å². The molecule has 0 unspecified atom stereocenters. The largest absolute Gasteiger partial charge is 0.392 e. The Kier molecular flexibility index (Phi) is 8.23. The molecule has 2 aromatic carbocycles. The molecule has 0 bridgehead atoms. The Morgan fingerprint density at radius 1 is 0.815 bits per heavy atom. The summed E-state index contributed by atoms with van der Waals surface area (Å²) in [5.74, 6) is 0. The lowest BCUT2D eigenvalue weighted by atomic mass is 9.98. The molecular formula is C24H32O3. The van der Waals surface area contributed by atoms with Crippen LogP contribution in [0.15, 0.2) is 42.5 Å². The van der Waals surface area contributed by atoms with Crippen molar-refractivity contribution in [1.29, 1.82) is 0 Å². The third kappa shape index (κ3) is 7.67. The van der Waals surface area contributed by atoms with Gasteiger partial charge in [-0.2, -0.15) is 0 Å². The van der Waals surface area contributed by atoms with Crippen LogP contribution in [-0.2, 0) is 19.6 Å². The lowest BCUT2D eigenvalue weighted by Crippen LogP contribution is -2.17. The molecule has 146 valence electrons. The first kappa shape index (κ1) is 21.4. The quantitative estimate of drug-likeness (QED) is 0.420. The fourth-order valence-corrected chi connectivity index (χ4v) is 3.16. The SMILES string of the molecule is CC(C)(O)CCCCCc1cccc(C=Cc2ccc(CO)c(CO)c2)c1. The summed E-state index contributed by atoms with van der Waals surface area (Å²) in [6.07, 6.45) is 9.32. The van der Waals surface area contributed by atoms with Gasteiger partial charge in [-0.05, 0) is 67.0 Å². The molecule has 0 aromatic heterocycles. The molecule has 0 heterocycles. The summed E-state index contributed by atoms with van der Waals surface area (Å²) in [7, 11) is 0. The second-order valence-corrected chi connectivity index (χ2v) is 7.80. The van der Waals surface area contributed by atoms with E-state index in [1.807, 2.05) is 38.1 Å². The van der Waals surface area contributed by atoms with Crippen molar-refractivity contribution < 1.29 is 15.3 Å². The zero-order valence-corrected chi connectivity index (χ0v) is 16.5. The summed E-state index contributed by atoms with van der Waals surface area (Å²) in [6.45, 7) is 3.60. The molecule has 3 heteroatoms. The molecule has 0 radical (unpaired) electrons. The highest BCUT2D eigenvalue weighted by Gasteiger charge is 2.10. The molecule has 0 fully saturated rings. The summed E-state index contributed by atoms with van der Waals surface area (Å²) < 4.78 is 0. The van der Waals surface area contributed by atoms with E-state index in [1.165, 1.54) is 5.56 Å². The molecule has 3 N–H and O–H groups in total. The molecule has 27 heavy (non-hydrogen) atoms. The van der Waals surface area contributed by atoms with E-state index in [-0.39, 0.29) is 13.2 Å². The normalized spacial score (nSPS) is 12.0. The second kappa shape index (κ2) is 10.4. The van der Waals surface area contributed by atoms with Crippen molar-refractivity contribution in [3.8, 4) is 0 Å². The summed E-state index contributed by atoms with van der Waals surface area (Å²) in [5.41, 5.74) is 4.46. The zero-order chi connectivity index (χ0) is 19.7. The predicted octanol–water partition coefficient (Wildman–Crippen LogP) is 4.72. The van der Waals surface area contributed by atoms with E-state index in [4.69, 9.17) is 0 Å². The van der Waals surface area contributed by atoms with E-state index < -0.39 is 5.60 Å². The van der Waals surface area contributed by atoms with Crippen LogP contribution < -0.4 is 0 Å². The Morgan fingerprint density at radius 2 is 1.52 bits per heavy atom. The number of aliphatic hydroxyl groups excluding tert-OH is 2. The number of hydrogen-bond acceptors (Lipinski definition) is 3. The molecule has 2 aromatic rings. The maximum absolute atomic E-state index is 9.75. The van der Waals surface area contributed by atoms with E-state index in [0.717, 1.165) is 54.4 Å². The van der Waals surface area contributed by atoms with Gasteiger partial charge in [0.15, 0.2) is 0 Å². The van der Waals surface area contributed by atoms with Crippen molar-refractivity contribution >= 4 is 12.2 Å². The number of benzene rings is 2. The van der Waals surface area contributed by atoms with Crippen LogP contribution >= 0.6 is 0 Å². The van der Waals surface area contributed by atoms with Crippen molar-refractivity contribution in [2.45, 2.75) is 64.8 Å². The molecule has 0 amide bonds. The van der Waals surface area contributed by atoms with E-state index in [1.54, 1.807) is 0 Å². The Labute approximate surface area is 163 Å². The van der Waals surface area contributed by atoms with Crippen LogP contribution in [0, 0.1) is 0 Å². The van der Waals surface area contributed by atoms with E-state index in [2.05, 4.69) is 30.3 Å². The maximum atomic E-state index is 9.75. The third-order valence-electron chi connectivity index (χ3n) is 4.74. The maximum Gasteiger partial charge on any atom is 0.0685 e. The highest BCUT2D eigenvalue weighted by Crippen LogP contribution is 2.18. The molecule has 0 spiro atoms. The van der Waals surface area contributed by atoms with Gasteiger partial charge in [-0.1, -0.05) is 61.4 Å². The molecule has 3 nitrogen and oxygen atoms in total. The highest BCUT2D eigenvalue weighted by molar-refractivity contribution is 5.70. The van der Waals surface area contributed by atoms with Gasteiger partial charge in [-0.3, -0.25) is 0 Å². The minimum absolute atomic E-state index is 0.0578. The van der Waals surface area contributed by atoms with Gasteiger partial charge in [0, 0.05) is 0 Å². The first-order valence-electron chi connectivity index (χ1n) is 9.74. The van der Waals surface area contributed by atoms with Crippen LogP contribution in [0.4, 0.5) is 0 Å². The van der Waals surface area contributed by atoms with Crippen LogP contribution in [0.5, 0.6) is 0 Å². The van der Waals surface area contributed by atoms with Gasteiger partial charge >= 0.3 is 0 Å². The molecule has 2 rings (SSSR count). The van der Waals surface area contributed by atoms with Gasteiger partial charge in [0.05, 0.1) is 18.8 Å². The fourth-order valence-electron chi connectivity index (χ4n) is 3.16. The average molecular weight is 369 g/mol. The molecule has 0 aliphatic heterocycles. The molecule has 0 saturated heterocycles. The van der Waals surface area contributed by atoms with E-state index in [0.29, 0.717) is 0 Å². The molecular weight excluding hydrogens is 336 g/mol. The van der Waals surface area contributed by atoms with Gasteiger partial charge in [-0.25, -0.2) is 0 Å². The first-order valence-corrected chi connectivity index (χ1v) is 9.74. The molecule has 0 aliphatic carbocycles. The lowest BCUT2D eigenvalue weighted by Gasteiger charge is -2.16. The highest BCUT2D eigenvalue weighted by atomic mass is 16.3. The summed E-state index contributed by atoms with van der Waals surface area (Å²) in [5, 5.41) is 28.4. The minimum atomic E-state index is -0.560. The summed E-state index contributed by atoms with van der Waals surface area (Å²) in [4.78, 5) is 0. The van der Waals surface area contributed by atoms with Gasteiger partial charge < -0.3 is 15.3 Å². The third-order valence-corrected chi connectivity index (χ3v) is 4.74. The van der Waals surface area contributed by atoms with Gasteiger partial charge in [-0.15, -0.1) is 0 Å². The second-order valence-electron chi connectivity index (χ2n) is 7.80. The molecule has 0 saturated carbocycles. The first-order chi connectivity index (χ1) is 12.9. The van der Waals surface area contributed by atoms with Gasteiger partial charge in [0.25, 0.3) is 0 Å². The predicted molar refractivity (Wildman–Crippen MR) is 112 cm³/mol. The number of unbranched alkanes of at least 4 members (excludes halogenated alkanes) is 2. The van der Waals surface area contributed by atoms with Crippen molar-refractivity contribution in [2.75, 3.05) is 0 Å². The van der Waals surface area contributed by atoms with E-state index >= 15 is 0 Å². The van der Waals surface area contributed by atoms with Crippen molar-refractivity contribution in [3.63, 3.8) is 0 Å². The number of hydrogen-bond donors (Lipinski definition) is 3. The van der Waals surface area contributed by atoms with Crippen LogP contribution in [0.2, 0.25) is 0 Å². The number of aryl methyl sites for hydroxylation is 1. The minimum Gasteiger partial charge on any atom is -0.392 e. The topological polar surface area (TPSA) is 60.7 Å². The van der Waals surface area contributed by atoms with E-state index in [9.17, 15) is 15.3 Å². The molecule has 0 atom stereocenters. The fraction of sp³-hybridized carbons (Fsp3) is 0.417. The number of rotatable bonds is 10. The van der Waals surface area contributed by atoms with Crippen LogP contribution in [-0.4, -0.2) is 20.9 Å². The zero-order valence-electron chi connectivity index (χ0n) is 16.5. The summed E-state index contributed by atoms with van der Waals surface area (Å²) in [6, 6.07) is 14.3. The van der Waals surface area contributed by atoms with Crippen LogP contribution in [0.1, 0.15) is 67.3 Å². The van der Waals surface area contributed by atoms with Crippen molar-refractivity contribution in [2.24, 2.45) is 0 Å². The van der Waals surface area contributed by atoms with Gasteiger partial charge in [0.1, 0.15) is 0 Å². The Hall–Kier alpha value is -1.94. The average Bonchev–Trinajstić information content (AvgIpc) is 2.65. The Balaban J connectivity index is 1.92. The van der Waals surface area contributed by atoms with Crippen molar-refractivity contribution in [1.82, 2.24) is 0 Å². The monoisotopic (exact) mass is 368 g/mol. The van der Waals surface area contributed by atoms with Crippen LogP contribution in [0.3, 0.4) is 0 Å². The Morgan fingerprint density at radius 3 is 2.19 bits per heavy atom. The number of aliphatic hydroxyl groups is 3.